The van der Waals surface area contributed by atoms with Crippen LogP contribution in [0.3, 0.4) is 0 Å². The molecule has 0 aliphatic rings. The SMILES string of the molecule is CCN(Cc1ccccn1)c1nc(C)cc(C)c1C(N)=S. The molecule has 4 nitrogen and oxygen atoms in total. The number of hydrogen-bond acceptors (Lipinski definition) is 4. The second-order valence-corrected chi connectivity index (χ2v) is 5.42. The van der Waals surface area contributed by atoms with E-state index in [0.717, 1.165) is 34.9 Å². The van der Waals surface area contributed by atoms with E-state index in [-0.39, 0.29) is 0 Å². The molecule has 0 aliphatic heterocycles. The molecule has 21 heavy (non-hydrogen) atoms. The van der Waals surface area contributed by atoms with E-state index in [1.807, 2.05) is 38.1 Å². The third kappa shape index (κ3) is 3.55. The van der Waals surface area contributed by atoms with E-state index < -0.39 is 0 Å². The molecule has 2 rings (SSSR count). The third-order valence-corrected chi connectivity index (χ3v) is 3.54. The summed E-state index contributed by atoms with van der Waals surface area (Å²) in [6, 6.07) is 7.91. The molecule has 0 spiro atoms. The number of rotatable bonds is 5. The summed E-state index contributed by atoms with van der Waals surface area (Å²) in [5, 5.41) is 0. The monoisotopic (exact) mass is 300 g/mol. The van der Waals surface area contributed by atoms with E-state index in [9.17, 15) is 0 Å². The van der Waals surface area contributed by atoms with Crippen molar-refractivity contribution in [2.45, 2.75) is 27.3 Å². The molecule has 2 aromatic heterocycles. The minimum Gasteiger partial charge on any atom is -0.389 e. The largest absolute Gasteiger partial charge is 0.389 e. The number of pyridine rings is 2. The van der Waals surface area contributed by atoms with Crippen LogP contribution in [0.4, 0.5) is 5.82 Å². The summed E-state index contributed by atoms with van der Waals surface area (Å²) in [5.41, 5.74) is 9.77. The van der Waals surface area contributed by atoms with Crippen molar-refractivity contribution in [3.8, 4) is 0 Å². The maximum absolute atomic E-state index is 5.90. The minimum absolute atomic E-state index is 0.384. The van der Waals surface area contributed by atoms with Gasteiger partial charge in [0.1, 0.15) is 10.8 Å². The lowest BCUT2D eigenvalue weighted by Crippen LogP contribution is -2.28. The maximum atomic E-state index is 5.90. The Morgan fingerprint density at radius 2 is 2.10 bits per heavy atom. The Morgan fingerprint density at radius 1 is 1.33 bits per heavy atom. The van der Waals surface area contributed by atoms with E-state index in [2.05, 4.69) is 21.8 Å². The summed E-state index contributed by atoms with van der Waals surface area (Å²) < 4.78 is 0. The van der Waals surface area contributed by atoms with Crippen LogP contribution >= 0.6 is 12.2 Å². The Labute approximate surface area is 131 Å². The van der Waals surface area contributed by atoms with Gasteiger partial charge in [0.05, 0.1) is 17.8 Å². The predicted molar refractivity (Wildman–Crippen MR) is 90.6 cm³/mol. The molecule has 0 radical (unpaired) electrons. The predicted octanol–water partition coefficient (Wildman–Crippen LogP) is 2.75. The van der Waals surface area contributed by atoms with Crippen LogP contribution in [0.15, 0.2) is 30.5 Å². The van der Waals surface area contributed by atoms with Crippen LogP contribution in [-0.4, -0.2) is 21.5 Å². The normalized spacial score (nSPS) is 10.4. The lowest BCUT2D eigenvalue weighted by molar-refractivity contribution is 0.789. The number of anilines is 1. The summed E-state index contributed by atoms with van der Waals surface area (Å²) >= 11 is 5.21. The molecule has 0 unspecified atom stereocenters. The molecule has 0 amide bonds. The molecule has 2 N–H and O–H groups in total. The van der Waals surface area contributed by atoms with Crippen molar-refractivity contribution < 1.29 is 0 Å². The molecule has 2 heterocycles. The average molecular weight is 300 g/mol. The molecule has 110 valence electrons. The van der Waals surface area contributed by atoms with Gasteiger partial charge in [-0.25, -0.2) is 4.98 Å². The minimum atomic E-state index is 0.384. The van der Waals surface area contributed by atoms with Crippen LogP contribution < -0.4 is 10.6 Å². The Kier molecular flexibility index (Phi) is 4.85. The number of hydrogen-bond donors (Lipinski definition) is 1. The number of aryl methyl sites for hydroxylation is 2. The van der Waals surface area contributed by atoms with Gasteiger partial charge >= 0.3 is 0 Å². The van der Waals surface area contributed by atoms with Gasteiger partial charge in [0.15, 0.2) is 0 Å². The van der Waals surface area contributed by atoms with E-state index in [4.69, 9.17) is 18.0 Å². The fourth-order valence-electron chi connectivity index (χ4n) is 2.37. The van der Waals surface area contributed by atoms with Gasteiger partial charge in [-0.1, -0.05) is 18.3 Å². The van der Waals surface area contributed by atoms with Crippen molar-refractivity contribution in [2.75, 3.05) is 11.4 Å². The quantitative estimate of drug-likeness (QED) is 0.861. The second-order valence-electron chi connectivity index (χ2n) is 4.98. The van der Waals surface area contributed by atoms with E-state index in [1.165, 1.54) is 0 Å². The van der Waals surface area contributed by atoms with Gasteiger partial charge in [-0.05, 0) is 44.5 Å². The first kappa shape index (κ1) is 15.4. The molecule has 2 aromatic rings. The number of nitrogens with zero attached hydrogens (tertiary/aromatic N) is 3. The molecule has 5 heteroatoms. The van der Waals surface area contributed by atoms with Gasteiger partial charge in [0, 0.05) is 18.4 Å². The van der Waals surface area contributed by atoms with Crippen LogP contribution in [0.1, 0.15) is 29.4 Å². The summed E-state index contributed by atoms with van der Waals surface area (Å²) in [4.78, 5) is 11.6. The highest BCUT2D eigenvalue weighted by atomic mass is 32.1. The molecule has 0 fully saturated rings. The molecule has 0 aromatic carbocycles. The first-order valence-electron chi connectivity index (χ1n) is 6.95. The Bertz CT molecular complexity index is 640. The molecular formula is C16H20N4S. The molecular weight excluding hydrogens is 280 g/mol. The first-order chi connectivity index (χ1) is 10.0. The van der Waals surface area contributed by atoms with Crippen molar-refractivity contribution in [1.82, 2.24) is 9.97 Å². The van der Waals surface area contributed by atoms with Gasteiger partial charge in [-0.3, -0.25) is 4.98 Å². The summed E-state index contributed by atoms with van der Waals surface area (Å²) in [6.07, 6.45) is 1.80. The van der Waals surface area contributed by atoms with Crippen molar-refractivity contribution in [1.29, 1.82) is 0 Å². The van der Waals surface area contributed by atoms with Gasteiger partial charge in [-0.2, -0.15) is 0 Å². The fraction of sp³-hybridized carbons (Fsp3) is 0.312. The van der Waals surface area contributed by atoms with Gasteiger partial charge in [-0.15, -0.1) is 0 Å². The van der Waals surface area contributed by atoms with Crippen molar-refractivity contribution in [3.05, 3.63) is 53.0 Å². The van der Waals surface area contributed by atoms with Crippen LogP contribution in [-0.2, 0) is 6.54 Å². The summed E-state index contributed by atoms with van der Waals surface area (Å²) in [6.45, 7) is 7.58. The molecule has 0 bridgehead atoms. The molecule has 0 saturated heterocycles. The van der Waals surface area contributed by atoms with Crippen LogP contribution in [0, 0.1) is 13.8 Å². The number of aromatic nitrogens is 2. The lowest BCUT2D eigenvalue weighted by atomic mass is 10.1. The van der Waals surface area contributed by atoms with Crippen LogP contribution in [0.2, 0.25) is 0 Å². The third-order valence-electron chi connectivity index (χ3n) is 3.33. The topological polar surface area (TPSA) is 55.0 Å². The van der Waals surface area contributed by atoms with E-state index >= 15 is 0 Å². The van der Waals surface area contributed by atoms with Crippen molar-refractivity contribution in [2.24, 2.45) is 5.73 Å². The highest BCUT2D eigenvalue weighted by Gasteiger charge is 2.17. The first-order valence-corrected chi connectivity index (χ1v) is 7.36. The smallest absolute Gasteiger partial charge is 0.139 e. The van der Waals surface area contributed by atoms with Gasteiger partial charge in [0.25, 0.3) is 0 Å². The zero-order valence-electron chi connectivity index (χ0n) is 12.6. The highest BCUT2D eigenvalue weighted by Crippen LogP contribution is 2.23. The zero-order valence-corrected chi connectivity index (χ0v) is 13.4. The maximum Gasteiger partial charge on any atom is 0.139 e. The van der Waals surface area contributed by atoms with Gasteiger partial charge in [0.2, 0.25) is 0 Å². The zero-order chi connectivity index (χ0) is 15.4. The second kappa shape index (κ2) is 6.63. The Morgan fingerprint density at radius 3 is 2.67 bits per heavy atom. The highest BCUT2D eigenvalue weighted by molar-refractivity contribution is 7.80. The van der Waals surface area contributed by atoms with E-state index in [1.54, 1.807) is 6.20 Å². The molecule has 0 saturated carbocycles. The average Bonchev–Trinajstić information content (AvgIpc) is 2.44. The van der Waals surface area contributed by atoms with Crippen LogP contribution in [0.25, 0.3) is 0 Å². The molecule has 0 aliphatic carbocycles. The Hall–Kier alpha value is -2.01. The van der Waals surface area contributed by atoms with Gasteiger partial charge < -0.3 is 10.6 Å². The summed E-state index contributed by atoms with van der Waals surface area (Å²) in [5.74, 6) is 0.841. The Balaban J connectivity index is 2.44. The van der Waals surface area contributed by atoms with Crippen molar-refractivity contribution >= 4 is 23.0 Å². The van der Waals surface area contributed by atoms with Crippen LogP contribution in [0.5, 0.6) is 0 Å². The summed E-state index contributed by atoms with van der Waals surface area (Å²) in [7, 11) is 0. The lowest BCUT2D eigenvalue weighted by Gasteiger charge is -2.25. The standard InChI is InChI=1S/C16H20N4S/c1-4-20(10-13-7-5-6-8-18-13)16-14(15(17)21)11(2)9-12(3)19-16/h5-9H,4,10H2,1-3H3,(H2,17,21). The fourth-order valence-corrected chi connectivity index (χ4v) is 2.63. The molecule has 0 atom stereocenters. The van der Waals surface area contributed by atoms with Crippen molar-refractivity contribution in [3.63, 3.8) is 0 Å². The van der Waals surface area contributed by atoms with E-state index in [0.29, 0.717) is 11.5 Å². The number of thiocarbonyl (C=S) groups is 1. The number of nitrogens with two attached hydrogens (primary N) is 1.